The summed E-state index contributed by atoms with van der Waals surface area (Å²) in [6.07, 6.45) is 4.06. The highest BCUT2D eigenvalue weighted by Crippen LogP contribution is 2.03. The molecule has 0 fully saturated rings. The molecule has 0 radical (unpaired) electrons. The van der Waals surface area contributed by atoms with Crippen molar-refractivity contribution in [2.24, 2.45) is 4.99 Å². The summed E-state index contributed by atoms with van der Waals surface area (Å²) in [4.78, 5) is 4.58. The van der Waals surface area contributed by atoms with E-state index in [4.69, 9.17) is 4.74 Å². The standard InChI is InChI=1S/C16H26N6O.HI/c1-3-17-16(18-10-6-8-12-23-4-2)19-13-15-21-20-14-9-5-7-11-22(14)15;/h5,7,9,11H,3-4,6,8,10,12-13H2,1-2H3,(H2,17,18,19);1H. The Kier molecular flexibility index (Phi) is 10.3. The first kappa shape index (κ1) is 20.6. The molecule has 0 aliphatic rings. The summed E-state index contributed by atoms with van der Waals surface area (Å²) in [5, 5.41) is 14.9. The first-order chi connectivity index (χ1) is 11.3. The third-order valence-electron chi connectivity index (χ3n) is 3.32. The van der Waals surface area contributed by atoms with Crippen molar-refractivity contribution in [3.8, 4) is 0 Å². The van der Waals surface area contributed by atoms with Crippen molar-refractivity contribution in [1.82, 2.24) is 25.2 Å². The lowest BCUT2D eigenvalue weighted by Gasteiger charge is -2.11. The Morgan fingerprint density at radius 2 is 2.08 bits per heavy atom. The highest BCUT2D eigenvalue weighted by Gasteiger charge is 2.04. The number of hydrogen-bond acceptors (Lipinski definition) is 4. The molecule has 8 heteroatoms. The maximum Gasteiger partial charge on any atom is 0.191 e. The van der Waals surface area contributed by atoms with Crippen molar-refractivity contribution in [3.63, 3.8) is 0 Å². The Balaban J connectivity index is 0.00000288. The molecule has 0 bridgehead atoms. The molecule has 134 valence electrons. The first-order valence-electron chi connectivity index (χ1n) is 8.23. The fourth-order valence-corrected chi connectivity index (χ4v) is 2.17. The first-order valence-corrected chi connectivity index (χ1v) is 8.23. The number of nitrogens with zero attached hydrogens (tertiary/aromatic N) is 4. The molecule has 7 nitrogen and oxygen atoms in total. The number of guanidine groups is 1. The summed E-state index contributed by atoms with van der Waals surface area (Å²) < 4.78 is 7.29. The monoisotopic (exact) mass is 446 g/mol. The number of hydrogen-bond donors (Lipinski definition) is 2. The normalized spacial score (nSPS) is 11.3. The molecule has 0 saturated heterocycles. The molecule has 0 saturated carbocycles. The molecule has 0 unspecified atom stereocenters. The van der Waals surface area contributed by atoms with Gasteiger partial charge < -0.3 is 15.4 Å². The highest BCUT2D eigenvalue weighted by atomic mass is 127. The molecule has 0 aromatic carbocycles. The smallest absolute Gasteiger partial charge is 0.191 e. The van der Waals surface area contributed by atoms with Gasteiger partial charge in [-0.05, 0) is 38.8 Å². The van der Waals surface area contributed by atoms with E-state index in [2.05, 4.69) is 32.7 Å². The van der Waals surface area contributed by atoms with E-state index in [0.29, 0.717) is 6.54 Å². The van der Waals surface area contributed by atoms with Gasteiger partial charge in [-0.15, -0.1) is 34.2 Å². The number of aromatic nitrogens is 3. The maximum absolute atomic E-state index is 5.33. The van der Waals surface area contributed by atoms with Crippen LogP contribution in [0.25, 0.3) is 5.65 Å². The lowest BCUT2D eigenvalue weighted by molar-refractivity contribution is 0.143. The zero-order valence-electron chi connectivity index (χ0n) is 14.4. The number of ether oxygens (including phenoxy) is 1. The van der Waals surface area contributed by atoms with Crippen molar-refractivity contribution >= 4 is 35.6 Å². The average Bonchev–Trinajstić information content (AvgIpc) is 2.99. The van der Waals surface area contributed by atoms with E-state index in [-0.39, 0.29) is 24.0 Å². The van der Waals surface area contributed by atoms with Crippen LogP contribution in [0.4, 0.5) is 0 Å². The quantitative estimate of drug-likeness (QED) is 0.268. The Morgan fingerprint density at radius 3 is 2.88 bits per heavy atom. The van der Waals surface area contributed by atoms with Crippen molar-refractivity contribution < 1.29 is 4.74 Å². The number of aliphatic imine (C=N–C) groups is 1. The van der Waals surface area contributed by atoms with Gasteiger partial charge in [0, 0.05) is 32.5 Å². The molecule has 0 amide bonds. The average molecular weight is 446 g/mol. The van der Waals surface area contributed by atoms with E-state index in [1.807, 2.05) is 35.7 Å². The minimum atomic E-state index is 0. The molecule has 2 heterocycles. The van der Waals surface area contributed by atoms with Gasteiger partial charge in [-0.25, -0.2) is 4.99 Å². The van der Waals surface area contributed by atoms with Gasteiger partial charge in [0.05, 0.1) is 0 Å². The van der Waals surface area contributed by atoms with Gasteiger partial charge >= 0.3 is 0 Å². The predicted molar refractivity (Wildman–Crippen MR) is 107 cm³/mol. The number of halogens is 1. The topological polar surface area (TPSA) is 75.8 Å². The van der Waals surface area contributed by atoms with Crippen molar-refractivity contribution in [2.45, 2.75) is 33.2 Å². The number of fused-ring (bicyclic) bond motifs is 1. The highest BCUT2D eigenvalue weighted by molar-refractivity contribution is 14.0. The number of pyridine rings is 1. The van der Waals surface area contributed by atoms with Crippen molar-refractivity contribution in [1.29, 1.82) is 0 Å². The second kappa shape index (κ2) is 12.0. The fraction of sp³-hybridized carbons (Fsp3) is 0.562. The number of rotatable bonds is 9. The van der Waals surface area contributed by atoms with Crippen molar-refractivity contribution in [3.05, 3.63) is 30.2 Å². The molecule has 0 aliphatic heterocycles. The van der Waals surface area contributed by atoms with Crippen LogP contribution in [-0.2, 0) is 11.3 Å². The minimum Gasteiger partial charge on any atom is -0.382 e. The third kappa shape index (κ3) is 6.60. The van der Waals surface area contributed by atoms with Crippen LogP contribution in [0.2, 0.25) is 0 Å². The molecule has 2 aromatic rings. The van der Waals surface area contributed by atoms with Crippen LogP contribution in [0.3, 0.4) is 0 Å². The van der Waals surface area contributed by atoms with Crippen LogP contribution in [0, 0.1) is 0 Å². The lowest BCUT2D eigenvalue weighted by atomic mass is 10.3. The fourth-order valence-electron chi connectivity index (χ4n) is 2.17. The van der Waals surface area contributed by atoms with E-state index < -0.39 is 0 Å². The van der Waals surface area contributed by atoms with E-state index in [9.17, 15) is 0 Å². The van der Waals surface area contributed by atoms with Gasteiger partial charge in [0.2, 0.25) is 0 Å². The van der Waals surface area contributed by atoms with Gasteiger partial charge in [0.25, 0.3) is 0 Å². The molecule has 2 aromatic heterocycles. The van der Waals surface area contributed by atoms with Crippen LogP contribution >= 0.6 is 24.0 Å². The zero-order chi connectivity index (χ0) is 16.3. The molecule has 0 aliphatic carbocycles. The summed E-state index contributed by atoms with van der Waals surface area (Å²) in [5.74, 6) is 1.63. The van der Waals surface area contributed by atoms with Crippen molar-refractivity contribution in [2.75, 3.05) is 26.3 Å². The second-order valence-corrected chi connectivity index (χ2v) is 5.07. The largest absolute Gasteiger partial charge is 0.382 e. The van der Waals surface area contributed by atoms with Crippen LogP contribution in [0.1, 0.15) is 32.5 Å². The summed E-state index contributed by atoms with van der Waals surface area (Å²) in [6, 6.07) is 5.85. The summed E-state index contributed by atoms with van der Waals surface area (Å²) in [5.41, 5.74) is 0.839. The van der Waals surface area contributed by atoms with E-state index in [1.54, 1.807) is 0 Å². The van der Waals surface area contributed by atoms with Crippen LogP contribution < -0.4 is 10.6 Å². The summed E-state index contributed by atoms with van der Waals surface area (Å²) >= 11 is 0. The Hall–Kier alpha value is -1.42. The molecule has 24 heavy (non-hydrogen) atoms. The third-order valence-corrected chi connectivity index (χ3v) is 3.32. The molecule has 2 N–H and O–H groups in total. The van der Waals surface area contributed by atoms with Gasteiger partial charge in [-0.3, -0.25) is 4.40 Å². The van der Waals surface area contributed by atoms with E-state index in [0.717, 1.165) is 56.6 Å². The summed E-state index contributed by atoms with van der Waals surface area (Å²) in [6.45, 7) is 7.85. The van der Waals surface area contributed by atoms with Gasteiger partial charge in [0.15, 0.2) is 17.4 Å². The minimum absolute atomic E-state index is 0. The summed E-state index contributed by atoms with van der Waals surface area (Å²) in [7, 11) is 0. The Labute approximate surface area is 160 Å². The van der Waals surface area contributed by atoms with Gasteiger partial charge in [-0.2, -0.15) is 0 Å². The molecule has 2 rings (SSSR count). The molecule has 0 atom stereocenters. The lowest BCUT2D eigenvalue weighted by Crippen LogP contribution is -2.37. The second-order valence-electron chi connectivity index (χ2n) is 5.07. The number of unbranched alkanes of at least 4 members (excludes halogenated alkanes) is 1. The maximum atomic E-state index is 5.33. The van der Waals surface area contributed by atoms with Crippen LogP contribution in [0.15, 0.2) is 29.4 Å². The van der Waals surface area contributed by atoms with Crippen LogP contribution in [-0.4, -0.2) is 46.9 Å². The Bertz CT molecular complexity index is 615. The zero-order valence-corrected chi connectivity index (χ0v) is 16.7. The van der Waals surface area contributed by atoms with Gasteiger partial charge in [0.1, 0.15) is 6.54 Å². The predicted octanol–water partition coefficient (Wildman–Crippen LogP) is 2.22. The van der Waals surface area contributed by atoms with E-state index >= 15 is 0 Å². The number of nitrogens with one attached hydrogen (secondary N) is 2. The molecular weight excluding hydrogens is 419 g/mol. The molecule has 0 spiro atoms. The van der Waals surface area contributed by atoms with Gasteiger partial charge in [-0.1, -0.05) is 6.07 Å². The van der Waals surface area contributed by atoms with E-state index in [1.165, 1.54) is 0 Å². The van der Waals surface area contributed by atoms with Crippen LogP contribution in [0.5, 0.6) is 0 Å². The Morgan fingerprint density at radius 1 is 1.21 bits per heavy atom. The SMILES string of the molecule is CCNC(=NCc1nnc2ccccn12)NCCCCOCC.I. The molecular formula is C16H27IN6O.